The molecule has 1 heterocycles. The molecular formula is C22H25N3O4. The van der Waals surface area contributed by atoms with E-state index in [1.807, 2.05) is 67.5 Å². The molecule has 1 aromatic heterocycles. The zero-order valence-electron chi connectivity index (χ0n) is 17.0. The highest BCUT2D eigenvalue weighted by atomic mass is 16.5. The largest absolute Gasteiger partial charge is 0.497 e. The molecule has 0 saturated heterocycles. The number of carbonyl (C=O) groups excluding carboxylic acids is 1. The smallest absolute Gasteiger partial charge is 0.273 e. The number of likely N-dealkylation sites (N-methyl/N-ethyl adjacent to an activating group) is 1. The highest BCUT2D eigenvalue weighted by Crippen LogP contribution is 2.24. The molecule has 0 aliphatic rings. The Morgan fingerprint density at radius 1 is 1.03 bits per heavy atom. The minimum absolute atomic E-state index is 0.0119. The Morgan fingerprint density at radius 2 is 1.62 bits per heavy atom. The van der Waals surface area contributed by atoms with E-state index in [-0.39, 0.29) is 17.6 Å². The normalized spacial score (nSPS) is 11.9. The first kappa shape index (κ1) is 20.4. The quantitative estimate of drug-likeness (QED) is 0.630. The van der Waals surface area contributed by atoms with Crippen LogP contribution in [0.3, 0.4) is 0 Å². The van der Waals surface area contributed by atoms with Gasteiger partial charge in [-0.3, -0.25) is 4.79 Å². The highest BCUT2D eigenvalue weighted by Gasteiger charge is 2.18. The lowest BCUT2D eigenvalue weighted by atomic mass is 10.1. The van der Waals surface area contributed by atoms with E-state index in [0.29, 0.717) is 12.3 Å². The lowest BCUT2D eigenvalue weighted by Gasteiger charge is -2.25. The fourth-order valence-electron chi connectivity index (χ4n) is 2.98. The van der Waals surface area contributed by atoms with Gasteiger partial charge < -0.3 is 24.2 Å². The van der Waals surface area contributed by atoms with E-state index >= 15 is 0 Å². The summed E-state index contributed by atoms with van der Waals surface area (Å²) >= 11 is 0. The van der Waals surface area contributed by atoms with Crippen molar-refractivity contribution in [2.75, 3.05) is 34.9 Å². The molecule has 0 aliphatic carbocycles. The summed E-state index contributed by atoms with van der Waals surface area (Å²) < 4.78 is 15.7. The Bertz CT molecular complexity index is 933. The third-order valence-corrected chi connectivity index (χ3v) is 4.70. The highest BCUT2D eigenvalue weighted by molar-refractivity contribution is 5.93. The van der Waals surface area contributed by atoms with E-state index in [0.717, 1.165) is 22.6 Å². The van der Waals surface area contributed by atoms with Gasteiger partial charge in [0, 0.05) is 18.2 Å². The third kappa shape index (κ3) is 4.94. The molecular weight excluding hydrogens is 370 g/mol. The van der Waals surface area contributed by atoms with E-state index in [4.69, 9.17) is 14.0 Å². The number of amides is 1. The average molecular weight is 395 g/mol. The first-order valence-electron chi connectivity index (χ1n) is 9.21. The van der Waals surface area contributed by atoms with E-state index in [1.165, 1.54) is 0 Å². The lowest BCUT2D eigenvalue weighted by Crippen LogP contribution is -2.34. The molecule has 7 nitrogen and oxygen atoms in total. The van der Waals surface area contributed by atoms with Gasteiger partial charge in [0.05, 0.1) is 20.3 Å². The molecule has 2 aromatic carbocycles. The Kier molecular flexibility index (Phi) is 6.51. The van der Waals surface area contributed by atoms with E-state index in [1.54, 1.807) is 20.3 Å². The second kappa shape index (κ2) is 9.25. The van der Waals surface area contributed by atoms with Crippen molar-refractivity contribution in [1.29, 1.82) is 0 Å². The van der Waals surface area contributed by atoms with Crippen molar-refractivity contribution in [1.82, 2.24) is 15.4 Å². The van der Waals surface area contributed by atoms with Crippen LogP contribution in [-0.2, 0) is 0 Å². The van der Waals surface area contributed by atoms with Crippen LogP contribution in [0, 0.1) is 0 Å². The number of aromatic nitrogens is 1. The molecule has 0 bridgehead atoms. The first-order chi connectivity index (χ1) is 14.0. The topological polar surface area (TPSA) is 76.8 Å². The molecule has 3 aromatic rings. The van der Waals surface area contributed by atoms with Crippen LogP contribution in [0.15, 0.2) is 59.1 Å². The van der Waals surface area contributed by atoms with Gasteiger partial charge in [-0.05, 0) is 56.1 Å². The van der Waals surface area contributed by atoms with Gasteiger partial charge in [0.2, 0.25) is 0 Å². The zero-order valence-corrected chi connectivity index (χ0v) is 17.0. The van der Waals surface area contributed by atoms with Gasteiger partial charge in [0.25, 0.3) is 5.91 Å². The number of rotatable bonds is 8. The molecule has 1 N–H and O–H groups in total. The summed E-state index contributed by atoms with van der Waals surface area (Å²) in [6.07, 6.45) is 0. The van der Waals surface area contributed by atoms with Crippen LogP contribution in [0.1, 0.15) is 22.1 Å². The Labute approximate surface area is 170 Å². The lowest BCUT2D eigenvalue weighted by molar-refractivity contribution is 0.0933. The summed E-state index contributed by atoms with van der Waals surface area (Å²) in [5.74, 6) is 1.79. The molecule has 0 spiro atoms. The van der Waals surface area contributed by atoms with Crippen molar-refractivity contribution in [3.8, 4) is 22.8 Å². The molecule has 0 saturated carbocycles. The minimum atomic E-state index is -0.283. The van der Waals surface area contributed by atoms with Gasteiger partial charge in [0.15, 0.2) is 11.5 Å². The summed E-state index contributed by atoms with van der Waals surface area (Å²) in [7, 11) is 7.19. The van der Waals surface area contributed by atoms with E-state index in [2.05, 4.69) is 10.5 Å². The SMILES string of the molecule is COc1ccc(-c2cc(C(=O)NCC(c3ccc(OC)cc3)N(C)C)no2)cc1. The second-order valence-electron chi connectivity index (χ2n) is 6.77. The summed E-state index contributed by atoms with van der Waals surface area (Å²) in [5, 5.41) is 6.84. The van der Waals surface area contributed by atoms with Crippen molar-refractivity contribution < 1.29 is 18.8 Å². The molecule has 1 amide bonds. The molecule has 29 heavy (non-hydrogen) atoms. The van der Waals surface area contributed by atoms with Gasteiger partial charge in [-0.25, -0.2) is 0 Å². The number of methoxy groups -OCH3 is 2. The maximum absolute atomic E-state index is 12.6. The van der Waals surface area contributed by atoms with Crippen LogP contribution in [-0.4, -0.2) is 50.8 Å². The van der Waals surface area contributed by atoms with Crippen LogP contribution >= 0.6 is 0 Å². The fourth-order valence-corrected chi connectivity index (χ4v) is 2.98. The van der Waals surface area contributed by atoms with Crippen LogP contribution in [0.25, 0.3) is 11.3 Å². The Hall–Kier alpha value is -3.32. The van der Waals surface area contributed by atoms with Crippen LogP contribution in [0.4, 0.5) is 0 Å². The van der Waals surface area contributed by atoms with Gasteiger partial charge in [-0.15, -0.1) is 0 Å². The van der Waals surface area contributed by atoms with Crippen LogP contribution in [0.5, 0.6) is 11.5 Å². The minimum Gasteiger partial charge on any atom is -0.497 e. The first-order valence-corrected chi connectivity index (χ1v) is 9.21. The molecule has 7 heteroatoms. The predicted octanol–water partition coefficient (Wildman–Crippen LogP) is 3.39. The number of nitrogens with one attached hydrogen (secondary N) is 1. The van der Waals surface area contributed by atoms with Gasteiger partial charge in [-0.1, -0.05) is 17.3 Å². The van der Waals surface area contributed by atoms with Gasteiger partial charge >= 0.3 is 0 Å². The van der Waals surface area contributed by atoms with E-state index in [9.17, 15) is 4.79 Å². The number of benzene rings is 2. The Balaban J connectivity index is 1.66. The summed E-state index contributed by atoms with van der Waals surface area (Å²) in [6.45, 7) is 0.433. The fraction of sp³-hybridized carbons (Fsp3) is 0.273. The number of nitrogens with zero attached hydrogens (tertiary/aromatic N) is 2. The molecule has 0 radical (unpaired) electrons. The molecule has 0 aliphatic heterocycles. The second-order valence-corrected chi connectivity index (χ2v) is 6.77. The molecule has 1 unspecified atom stereocenters. The van der Waals surface area contributed by atoms with Gasteiger partial charge in [0.1, 0.15) is 11.5 Å². The van der Waals surface area contributed by atoms with Gasteiger partial charge in [-0.2, -0.15) is 0 Å². The number of hydrogen-bond donors (Lipinski definition) is 1. The average Bonchev–Trinajstić information content (AvgIpc) is 3.24. The molecule has 0 fully saturated rings. The molecule has 152 valence electrons. The third-order valence-electron chi connectivity index (χ3n) is 4.70. The van der Waals surface area contributed by atoms with Crippen molar-refractivity contribution in [2.24, 2.45) is 0 Å². The number of ether oxygens (including phenoxy) is 2. The van der Waals surface area contributed by atoms with Crippen molar-refractivity contribution in [2.45, 2.75) is 6.04 Å². The monoisotopic (exact) mass is 395 g/mol. The summed E-state index contributed by atoms with van der Waals surface area (Å²) in [4.78, 5) is 14.6. The maximum atomic E-state index is 12.6. The van der Waals surface area contributed by atoms with Crippen molar-refractivity contribution >= 4 is 5.91 Å². The molecule has 3 rings (SSSR count). The molecule has 1 atom stereocenters. The van der Waals surface area contributed by atoms with Crippen molar-refractivity contribution in [3.63, 3.8) is 0 Å². The predicted molar refractivity (Wildman–Crippen MR) is 110 cm³/mol. The summed E-state index contributed by atoms with van der Waals surface area (Å²) in [5.41, 5.74) is 2.14. The zero-order chi connectivity index (χ0) is 20.8. The maximum Gasteiger partial charge on any atom is 0.273 e. The van der Waals surface area contributed by atoms with Crippen molar-refractivity contribution in [3.05, 3.63) is 65.9 Å². The summed E-state index contributed by atoms with van der Waals surface area (Å²) in [6, 6.07) is 16.8. The van der Waals surface area contributed by atoms with Crippen LogP contribution < -0.4 is 14.8 Å². The number of hydrogen-bond acceptors (Lipinski definition) is 6. The van der Waals surface area contributed by atoms with E-state index < -0.39 is 0 Å². The van der Waals surface area contributed by atoms with Crippen LogP contribution in [0.2, 0.25) is 0 Å². The Morgan fingerprint density at radius 3 is 2.17 bits per heavy atom. The number of carbonyl (C=O) groups is 1. The standard InChI is InChI=1S/C22H25N3O4/c1-25(2)20(15-5-9-17(27-3)10-6-15)14-23-22(26)19-13-21(29-24-19)16-7-11-18(28-4)12-8-16/h5-13,20H,14H2,1-4H3,(H,23,26).